The second kappa shape index (κ2) is 7.06. The third kappa shape index (κ3) is 3.33. The predicted octanol–water partition coefficient (Wildman–Crippen LogP) is 2.99. The summed E-state index contributed by atoms with van der Waals surface area (Å²) in [7, 11) is 0. The molecule has 0 fully saturated rings. The minimum atomic E-state index is -0.348. The highest BCUT2D eigenvalue weighted by Crippen LogP contribution is 2.24. The van der Waals surface area contributed by atoms with Crippen molar-refractivity contribution in [2.24, 2.45) is 0 Å². The second-order valence-electron chi connectivity index (χ2n) is 6.18. The molecule has 4 rings (SSSR count). The highest BCUT2D eigenvalue weighted by Gasteiger charge is 2.25. The fourth-order valence-electron chi connectivity index (χ4n) is 3.19. The molecule has 1 aliphatic heterocycles. The summed E-state index contributed by atoms with van der Waals surface area (Å²) in [5, 5.41) is 2.88. The van der Waals surface area contributed by atoms with Crippen molar-refractivity contribution in [1.29, 1.82) is 0 Å². The number of benzene rings is 1. The number of rotatable bonds is 3. The van der Waals surface area contributed by atoms with E-state index in [4.69, 9.17) is 9.15 Å². The Balaban J connectivity index is 1.55. The number of aromatic nitrogens is 2. The normalized spacial score (nSPS) is 13.3. The van der Waals surface area contributed by atoms with Crippen LogP contribution in [0.15, 0.2) is 41.4 Å². The molecule has 1 aliphatic rings. The van der Waals surface area contributed by atoms with E-state index in [1.807, 2.05) is 0 Å². The molecule has 2 aromatic heterocycles. The topological polar surface area (TPSA) is 97.6 Å². The first-order valence-electron chi connectivity index (χ1n) is 8.67. The van der Waals surface area contributed by atoms with E-state index < -0.39 is 0 Å². The van der Waals surface area contributed by atoms with Crippen LogP contribution in [-0.4, -0.2) is 40.0 Å². The number of nitrogens with one attached hydrogen (secondary N) is 1. The number of fused-ring (bicyclic) bond motifs is 2. The SMILES string of the molecule is CCOC(=O)N1CCc2c(cncc2C(=O)Nc2ccc3ocnc3c2)C1. The lowest BCUT2D eigenvalue weighted by Gasteiger charge is -2.28. The van der Waals surface area contributed by atoms with Crippen molar-refractivity contribution < 1.29 is 18.7 Å². The van der Waals surface area contributed by atoms with Gasteiger partial charge in [-0.3, -0.25) is 9.78 Å². The average Bonchev–Trinajstić information content (AvgIpc) is 3.15. The van der Waals surface area contributed by atoms with Crippen LogP contribution >= 0.6 is 0 Å². The monoisotopic (exact) mass is 366 g/mol. The van der Waals surface area contributed by atoms with Gasteiger partial charge in [0.15, 0.2) is 12.0 Å². The molecule has 0 aliphatic carbocycles. The van der Waals surface area contributed by atoms with E-state index in [2.05, 4.69) is 15.3 Å². The second-order valence-corrected chi connectivity index (χ2v) is 6.18. The number of anilines is 1. The van der Waals surface area contributed by atoms with Crippen LogP contribution in [0.5, 0.6) is 0 Å². The molecule has 2 amide bonds. The van der Waals surface area contributed by atoms with Crippen molar-refractivity contribution in [3.05, 3.63) is 53.7 Å². The van der Waals surface area contributed by atoms with Crippen molar-refractivity contribution in [1.82, 2.24) is 14.9 Å². The Morgan fingerprint density at radius 1 is 1.33 bits per heavy atom. The van der Waals surface area contributed by atoms with Crippen molar-refractivity contribution >= 4 is 28.8 Å². The van der Waals surface area contributed by atoms with Gasteiger partial charge < -0.3 is 19.4 Å². The number of amides is 2. The molecule has 1 N–H and O–H groups in total. The molecule has 0 radical (unpaired) electrons. The van der Waals surface area contributed by atoms with Gasteiger partial charge in [-0.1, -0.05) is 0 Å². The van der Waals surface area contributed by atoms with E-state index in [9.17, 15) is 9.59 Å². The summed E-state index contributed by atoms with van der Waals surface area (Å²) in [5.74, 6) is -0.244. The molecule has 0 atom stereocenters. The minimum Gasteiger partial charge on any atom is -0.450 e. The number of carbonyl (C=O) groups excluding carboxylic acids is 2. The Morgan fingerprint density at radius 2 is 2.22 bits per heavy atom. The molecular weight excluding hydrogens is 348 g/mol. The van der Waals surface area contributed by atoms with Crippen LogP contribution in [0.2, 0.25) is 0 Å². The third-order valence-corrected chi connectivity index (χ3v) is 4.50. The summed E-state index contributed by atoms with van der Waals surface area (Å²) in [6.45, 7) is 2.99. The van der Waals surface area contributed by atoms with E-state index in [1.54, 1.807) is 42.4 Å². The van der Waals surface area contributed by atoms with Crippen LogP contribution in [-0.2, 0) is 17.7 Å². The molecule has 0 saturated heterocycles. The van der Waals surface area contributed by atoms with Crippen LogP contribution in [0.3, 0.4) is 0 Å². The first-order valence-corrected chi connectivity index (χ1v) is 8.67. The molecule has 0 saturated carbocycles. The van der Waals surface area contributed by atoms with Gasteiger partial charge in [-0.15, -0.1) is 0 Å². The van der Waals surface area contributed by atoms with E-state index in [1.165, 1.54) is 6.39 Å². The van der Waals surface area contributed by atoms with Gasteiger partial charge in [0.05, 0.1) is 18.7 Å². The quantitative estimate of drug-likeness (QED) is 0.765. The van der Waals surface area contributed by atoms with Gasteiger partial charge in [0.1, 0.15) is 5.52 Å². The summed E-state index contributed by atoms with van der Waals surface area (Å²) in [5.41, 5.74) is 4.23. The Bertz CT molecular complexity index is 1010. The Kier molecular flexibility index (Phi) is 4.45. The molecule has 8 nitrogen and oxygen atoms in total. The number of ether oxygens (including phenoxy) is 1. The minimum absolute atomic E-state index is 0.244. The fourth-order valence-corrected chi connectivity index (χ4v) is 3.19. The highest BCUT2D eigenvalue weighted by molar-refractivity contribution is 6.06. The van der Waals surface area contributed by atoms with Gasteiger partial charge in [0.2, 0.25) is 0 Å². The lowest BCUT2D eigenvalue weighted by atomic mass is 9.97. The maximum Gasteiger partial charge on any atom is 0.410 e. The molecular formula is C19H18N4O4. The first-order chi connectivity index (χ1) is 13.2. The number of nitrogens with zero attached hydrogens (tertiary/aromatic N) is 3. The van der Waals surface area contributed by atoms with E-state index in [0.717, 1.165) is 11.1 Å². The molecule has 3 aromatic rings. The zero-order valence-corrected chi connectivity index (χ0v) is 14.8. The highest BCUT2D eigenvalue weighted by atomic mass is 16.6. The summed E-state index contributed by atoms with van der Waals surface area (Å²) in [4.78, 5) is 34.6. The molecule has 27 heavy (non-hydrogen) atoms. The van der Waals surface area contributed by atoms with Crippen LogP contribution in [0, 0.1) is 0 Å². The molecule has 138 valence electrons. The number of carbonyl (C=O) groups is 2. The largest absolute Gasteiger partial charge is 0.450 e. The zero-order chi connectivity index (χ0) is 18.8. The molecule has 0 unspecified atom stereocenters. The van der Waals surface area contributed by atoms with Gasteiger partial charge in [-0.2, -0.15) is 0 Å². The lowest BCUT2D eigenvalue weighted by Crippen LogP contribution is -2.37. The Labute approximate surface area is 155 Å². The van der Waals surface area contributed by atoms with Crippen molar-refractivity contribution in [2.45, 2.75) is 19.9 Å². The zero-order valence-electron chi connectivity index (χ0n) is 14.8. The Hall–Kier alpha value is -3.42. The van der Waals surface area contributed by atoms with Gasteiger partial charge in [0, 0.05) is 24.6 Å². The third-order valence-electron chi connectivity index (χ3n) is 4.50. The van der Waals surface area contributed by atoms with E-state index in [-0.39, 0.29) is 12.0 Å². The average molecular weight is 366 g/mol. The predicted molar refractivity (Wildman–Crippen MR) is 97.3 cm³/mol. The van der Waals surface area contributed by atoms with Crippen LogP contribution in [0.25, 0.3) is 11.1 Å². The molecule has 8 heteroatoms. The van der Waals surface area contributed by atoms with Gasteiger partial charge in [-0.05, 0) is 42.7 Å². The van der Waals surface area contributed by atoms with Crippen molar-refractivity contribution in [3.8, 4) is 0 Å². The van der Waals surface area contributed by atoms with E-state index in [0.29, 0.717) is 48.5 Å². The summed E-state index contributed by atoms with van der Waals surface area (Å²) in [6, 6.07) is 5.27. The van der Waals surface area contributed by atoms with Crippen LogP contribution < -0.4 is 5.32 Å². The fraction of sp³-hybridized carbons (Fsp3) is 0.263. The van der Waals surface area contributed by atoms with E-state index >= 15 is 0 Å². The number of oxazole rings is 1. The molecule has 3 heterocycles. The smallest absolute Gasteiger partial charge is 0.410 e. The van der Waals surface area contributed by atoms with Gasteiger partial charge >= 0.3 is 6.09 Å². The number of hydrogen-bond acceptors (Lipinski definition) is 6. The number of hydrogen-bond donors (Lipinski definition) is 1. The van der Waals surface area contributed by atoms with Crippen LogP contribution in [0.1, 0.15) is 28.4 Å². The molecule has 1 aromatic carbocycles. The summed E-state index contributed by atoms with van der Waals surface area (Å²) < 4.78 is 10.3. The lowest BCUT2D eigenvalue weighted by molar-refractivity contribution is 0.101. The summed E-state index contributed by atoms with van der Waals surface area (Å²) >= 11 is 0. The standard InChI is InChI=1S/C19H18N4O4/c1-2-26-19(25)23-6-5-14-12(10-23)8-20-9-15(14)18(24)22-13-3-4-17-16(7-13)21-11-27-17/h3-4,7-9,11H,2,5-6,10H2,1H3,(H,22,24). The molecule has 0 bridgehead atoms. The maximum atomic E-state index is 12.8. The number of pyridine rings is 1. The van der Waals surface area contributed by atoms with Gasteiger partial charge in [-0.25, -0.2) is 9.78 Å². The van der Waals surface area contributed by atoms with Crippen molar-refractivity contribution in [3.63, 3.8) is 0 Å². The first kappa shape index (κ1) is 17.0. The Morgan fingerprint density at radius 3 is 3.07 bits per heavy atom. The van der Waals surface area contributed by atoms with Crippen molar-refractivity contribution in [2.75, 3.05) is 18.5 Å². The summed E-state index contributed by atoms with van der Waals surface area (Å²) in [6.07, 6.45) is 4.84. The molecule has 0 spiro atoms. The maximum absolute atomic E-state index is 12.8. The van der Waals surface area contributed by atoms with Gasteiger partial charge in [0.25, 0.3) is 5.91 Å². The van der Waals surface area contributed by atoms with Crippen LogP contribution in [0.4, 0.5) is 10.5 Å².